The standard InChI is InChI=1S/2C25H27FN2O5S/c2*1-4-33-22-10-8-16(14-23(22)32-3)21(29)9-11-24(30)28-27-20(12-13-31-2)18-15-34-25-17(18)6-5-7-19(25)26/h2*5-8,10,14-15H,4,9,11-13H2,1-3H3,(H,28,30)/b27-20+;27-20-. The Labute approximate surface area is 401 Å². The van der Waals surface area contributed by atoms with E-state index >= 15 is 0 Å². The Morgan fingerprint density at radius 2 is 0.956 bits per heavy atom. The van der Waals surface area contributed by atoms with Crippen molar-refractivity contribution >= 4 is 77.7 Å². The van der Waals surface area contributed by atoms with Crippen LogP contribution in [0.1, 0.15) is 84.2 Å². The molecule has 0 radical (unpaired) electrons. The van der Waals surface area contributed by atoms with Gasteiger partial charge in [-0.15, -0.1) is 22.7 Å². The minimum absolute atomic E-state index is 0.0124. The van der Waals surface area contributed by atoms with Gasteiger partial charge in [0, 0.05) is 96.5 Å². The van der Waals surface area contributed by atoms with Gasteiger partial charge >= 0.3 is 0 Å². The Kier molecular flexibility index (Phi) is 20.5. The van der Waals surface area contributed by atoms with Gasteiger partial charge in [-0.05, 0) is 62.4 Å². The molecule has 0 fully saturated rings. The third-order valence-electron chi connectivity index (χ3n) is 10.2. The molecule has 0 bridgehead atoms. The summed E-state index contributed by atoms with van der Waals surface area (Å²) in [6.45, 7) is 5.46. The van der Waals surface area contributed by atoms with E-state index in [1.807, 2.05) is 36.7 Å². The number of amides is 2. The second-order valence-corrected chi connectivity index (χ2v) is 16.4. The van der Waals surface area contributed by atoms with Crippen LogP contribution in [0.4, 0.5) is 8.78 Å². The quantitative estimate of drug-likeness (QED) is 0.0338. The Bertz CT molecular complexity index is 2570. The Morgan fingerprint density at radius 3 is 1.32 bits per heavy atom. The molecule has 0 saturated carbocycles. The van der Waals surface area contributed by atoms with Crippen LogP contribution in [-0.4, -0.2) is 89.7 Å². The summed E-state index contributed by atoms with van der Waals surface area (Å²) in [5.74, 6) is 0.253. The molecule has 6 aromatic rings. The third-order valence-corrected chi connectivity index (χ3v) is 12.2. The molecule has 6 rings (SSSR count). The number of benzene rings is 4. The van der Waals surface area contributed by atoms with Gasteiger partial charge < -0.3 is 28.4 Å². The van der Waals surface area contributed by atoms with Crippen molar-refractivity contribution < 1.29 is 56.4 Å². The minimum Gasteiger partial charge on any atom is -0.493 e. The highest BCUT2D eigenvalue weighted by Crippen LogP contribution is 2.32. The van der Waals surface area contributed by atoms with Gasteiger partial charge in [0.1, 0.15) is 11.6 Å². The van der Waals surface area contributed by atoms with E-state index in [1.165, 1.54) is 49.0 Å². The molecule has 0 spiro atoms. The second-order valence-electron chi connectivity index (χ2n) is 14.6. The summed E-state index contributed by atoms with van der Waals surface area (Å²) in [6, 6.07) is 19.6. The van der Waals surface area contributed by atoms with Crippen LogP contribution in [0.3, 0.4) is 0 Å². The zero-order valence-corrected chi connectivity index (χ0v) is 40.3. The molecule has 2 aromatic heterocycles. The molecular weight excluding hydrogens is 919 g/mol. The fourth-order valence-electron chi connectivity index (χ4n) is 6.74. The number of halogens is 2. The lowest BCUT2D eigenvalue weighted by atomic mass is 10.1. The molecule has 0 atom stereocenters. The molecule has 14 nitrogen and oxygen atoms in total. The molecular formula is C50H54F2N4O10S2. The molecule has 18 heteroatoms. The number of methoxy groups -OCH3 is 4. The van der Waals surface area contributed by atoms with Gasteiger partial charge in [-0.25, -0.2) is 19.6 Å². The van der Waals surface area contributed by atoms with Crippen molar-refractivity contribution in [3.8, 4) is 23.0 Å². The van der Waals surface area contributed by atoms with Crippen LogP contribution in [-0.2, 0) is 19.1 Å². The predicted octanol–water partition coefficient (Wildman–Crippen LogP) is 9.94. The summed E-state index contributed by atoms with van der Waals surface area (Å²) in [4.78, 5) is 49.9. The van der Waals surface area contributed by atoms with E-state index in [2.05, 4.69) is 21.1 Å². The van der Waals surface area contributed by atoms with Gasteiger partial charge in [0.25, 0.3) is 0 Å². The zero-order chi connectivity index (χ0) is 49.0. The third kappa shape index (κ3) is 14.2. The SMILES string of the molecule is CCOc1ccc(C(=O)CCC(=O)N/N=C(/CCOC)c2csc3c(F)cccc23)cc1OC.CCOc1ccc(C(=O)CCC(=O)N/N=C(\CCOC)c2csc3c(F)cccc23)cc1OC. The Hall–Kier alpha value is -6.60. The number of hydrazone groups is 2. The molecule has 0 aliphatic heterocycles. The normalized spacial score (nSPS) is 11.5. The molecule has 2 N–H and O–H groups in total. The lowest BCUT2D eigenvalue weighted by molar-refractivity contribution is -0.121. The highest BCUT2D eigenvalue weighted by Gasteiger charge is 2.18. The fraction of sp³-hybridized carbons (Fsp3) is 0.320. The zero-order valence-electron chi connectivity index (χ0n) is 38.7. The summed E-state index contributed by atoms with van der Waals surface area (Å²) in [5.41, 5.74) is 8.56. The summed E-state index contributed by atoms with van der Waals surface area (Å²) in [7, 11) is 6.15. The van der Waals surface area contributed by atoms with E-state index in [9.17, 15) is 28.0 Å². The summed E-state index contributed by atoms with van der Waals surface area (Å²) < 4.78 is 61.0. The maximum absolute atomic E-state index is 14.1. The number of hydrogen-bond acceptors (Lipinski definition) is 14. The molecule has 0 aliphatic rings. The minimum atomic E-state index is -0.396. The maximum Gasteiger partial charge on any atom is 0.240 e. The van der Waals surface area contributed by atoms with Gasteiger partial charge in [0.2, 0.25) is 11.8 Å². The number of thiophene rings is 2. The monoisotopic (exact) mass is 972 g/mol. The lowest BCUT2D eigenvalue weighted by Crippen LogP contribution is -2.21. The number of hydrogen-bond donors (Lipinski definition) is 2. The number of carbonyl (C=O) groups is 4. The molecule has 68 heavy (non-hydrogen) atoms. The molecule has 2 heterocycles. The number of rotatable bonds is 24. The Balaban J connectivity index is 0.000000254. The smallest absolute Gasteiger partial charge is 0.240 e. The second kappa shape index (κ2) is 26.7. The van der Waals surface area contributed by atoms with Crippen LogP contribution < -0.4 is 29.8 Å². The van der Waals surface area contributed by atoms with Crippen LogP contribution >= 0.6 is 22.7 Å². The number of fused-ring (bicyclic) bond motifs is 2. The van der Waals surface area contributed by atoms with Crippen molar-refractivity contribution in [1.82, 2.24) is 10.9 Å². The van der Waals surface area contributed by atoms with Crippen LogP contribution in [0.2, 0.25) is 0 Å². The number of nitrogens with zero attached hydrogens (tertiary/aromatic N) is 2. The van der Waals surface area contributed by atoms with Crippen molar-refractivity contribution in [2.75, 3.05) is 54.9 Å². The lowest BCUT2D eigenvalue weighted by Gasteiger charge is -2.10. The van der Waals surface area contributed by atoms with Crippen LogP contribution in [0.15, 0.2) is 93.8 Å². The van der Waals surface area contributed by atoms with Gasteiger partial charge in [-0.3, -0.25) is 19.2 Å². The molecule has 360 valence electrons. The van der Waals surface area contributed by atoms with E-state index in [0.29, 0.717) is 94.2 Å². The number of ether oxygens (including phenoxy) is 6. The first-order chi connectivity index (χ1) is 33.0. The van der Waals surface area contributed by atoms with Crippen LogP contribution in [0.5, 0.6) is 23.0 Å². The maximum atomic E-state index is 14.1. The number of carbonyl (C=O) groups excluding carboxylic acids is 4. The average Bonchev–Trinajstić information content (AvgIpc) is 4.00. The van der Waals surface area contributed by atoms with E-state index < -0.39 is 11.8 Å². The van der Waals surface area contributed by atoms with Gasteiger partial charge in [0.15, 0.2) is 34.6 Å². The predicted molar refractivity (Wildman–Crippen MR) is 261 cm³/mol. The number of Topliss-reactive ketones (excluding diaryl/α,β-unsaturated/α-hetero) is 2. The molecule has 0 aliphatic carbocycles. The topological polar surface area (TPSA) is 172 Å². The first kappa shape index (κ1) is 52.4. The molecule has 4 aromatic carbocycles. The van der Waals surface area contributed by atoms with Crippen molar-refractivity contribution in [1.29, 1.82) is 0 Å². The number of ketones is 2. The largest absolute Gasteiger partial charge is 0.493 e. The van der Waals surface area contributed by atoms with E-state index in [-0.39, 0.29) is 48.9 Å². The average molecular weight is 973 g/mol. The molecule has 0 saturated heterocycles. The van der Waals surface area contributed by atoms with Crippen molar-refractivity contribution in [2.45, 2.75) is 52.4 Å². The van der Waals surface area contributed by atoms with E-state index in [4.69, 9.17) is 28.4 Å². The first-order valence-corrected chi connectivity index (χ1v) is 23.4. The van der Waals surface area contributed by atoms with Crippen LogP contribution in [0, 0.1) is 11.6 Å². The van der Waals surface area contributed by atoms with Crippen LogP contribution in [0.25, 0.3) is 20.2 Å². The van der Waals surface area contributed by atoms with E-state index in [1.54, 1.807) is 62.8 Å². The summed E-state index contributed by atoms with van der Waals surface area (Å²) in [5, 5.41) is 13.6. The highest BCUT2D eigenvalue weighted by molar-refractivity contribution is 7.18. The highest BCUT2D eigenvalue weighted by atomic mass is 32.1. The van der Waals surface area contributed by atoms with Crippen molar-refractivity contribution in [3.05, 3.63) is 117 Å². The number of nitrogens with one attached hydrogen (secondary N) is 2. The first-order valence-electron chi connectivity index (χ1n) is 21.6. The molecule has 0 unspecified atom stereocenters. The van der Waals surface area contributed by atoms with Crippen molar-refractivity contribution in [2.24, 2.45) is 10.2 Å². The summed E-state index contributed by atoms with van der Waals surface area (Å²) >= 11 is 2.56. The summed E-state index contributed by atoms with van der Waals surface area (Å²) in [6.07, 6.45) is 0.827. The molecule has 2 amide bonds. The van der Waals surface area contributed by atoms with Gasteiger partial charge in [0.05, 0.1) is 61.5 Å². The fourth-order valence-corrected chi connectivity index (χ4v) is 8.70. The van der Waals surface area contributed by atoms with Gasteiger partial charge in [-0.2, -0.15) is 10.2 Å². The van der Waals surface area contributed by atoms with E-state index in [0.717, 1.165) is 21.9 Å². The Morgan fingerprint density at radius 1 is 0.544 bits per heavy atom. The van der Waals surface area contributed by atoms with Crippen molar-refractivity contribution in [3.63, 3.8) is 0 Å². The van der Waals surface area contributed by atoms with Gasteiger partial charge in [-0.1, -0.05) is 24.3 Å².